The van der Waals surface area contributed by atoms with Gasteiger partial charge < -0.3 is 14.0 Å². The zero-order valence-corrected chi connectivity index (χ0v) is 20.7. The van der Waals surface area contributed by atoms with Crippen LogP contribution in [0, 0.1) is 6.92 Å². The second-order valence-electron chi connectivity index (χ2n) is 8.77. The second-order valence-corrected chi connectivity index (χ2v) is 8.77. The lowest BCUT2D eigenvalue weighted by atomic mass is 9.93. The van der Waals surface area contributed by atoms with E-state index in [1.54, 1.807) is 19.1 Å². The molecule has 38 heavy (non-hydrogen) atoms. The number of nitrogens with zero attached hydrogens (tertiary/aromatic N) is 1. The Balaban J connectivity index is 1.38. The summed E-state index contributed by atoms with van der Waals surface area (Å²) in [5.74, 6) is -0.118. The number of rotatable bonds is 8. The Labute approximate surface area is 234 Å². The molecule has 1 aliphatic rings. The third kappa shape index (κ3) is 5.05. The smallest absolute Gasteiger partial charge is 0.412 e. The maximum atomic E-state index is 13.1. The van der Waals surface area contributed by atoms with Gasteiger partial charge in [0.05, 0.1) is 20.2 Å². The number of aromatic nitrogens is 1. The fourth-order valence-electron chi connectivity index (χ4n) is 4.15. The van der Waals surface area contributed by atoms with E-state index in [9.17, 15) is 9.59 Å². The molecule has 1 aliphatic carbocycles. The molecule has 0 bridgehead atoms. The van der Waals surface area contributed by atoms with Crippen LogP contribution in [0.4, 0.5) is 10.5 Å². The van der Waals surface area contributed by atoms with E-state index in [1.807, 2.05) is 36.4 Å². The van der Waals surface area contributed by atoms with Gasteiger partial charge in [-0.25, -0.2) is 4.79 Å². The van der Waals surface area contributed by atoms with Crippen molar-refractivity contribution in [2.75, 3.05) is 11.9 Å². The molecule has 194 valence electrons. The highest BCUT2D eigenvalue weighted by Gasteiger charge is 2.52. The minimum atomic E-state index is -3.46. The van der Waals surface area contributed by atoms with Crippen molar-refractivity contribution in [3.05, 3.63) is 95.6 Å². The molecule has 0 spiro atoms. The van der Waals surface area contributed by atoms with Crippen molar-refractivity contribution in [1.29, 1.82) is 0 Å². The number of hydrogen-bond acceptors (Lipinski definition) is 6. The number of carbonyl (C=O) groups is 2. The van der Waals surface area contributed by atoms with Crippen LogP contribution >= 0.6 is 0 Å². The van der Waals surface area contributed by atoms with Crippen molar-refractivity contribution in [2.45, 2.75) is 45.0 Å². The summed E-state index contributed by atoms with van der Waals surface area (Å²) < 4.78 is 87.9. The molecular weight excluding hydrogens is 480 g/mol. The predicted octanol–water partition coefficient (Wildman–Crippen LogP) is 7.22. The fourth-order valence-corrected chi connectivity index (χ4v) is 4.15. The molecule has 0 aliphatic heterocycles. The lowest BCUT2D eigenvalue weighted by Gasteiger charge is -2.15. The molecular formula is C31H30N2O5. The molecule has 1 aromatic heterocycles. The largest absolute Gasteiger partial charge is 0.465 e. The number of anilines is 1. The molecule has 1 N–H and O–H groups in total. The van der Waals surface area contributed by atoms with Crippen LogP contribution in [-0.2, 0) is 19.7 Å². The van der Waals surface area contributed by atoms with Crippen LogP contribution in [0.25, 0.3) is 22.5 Å². The Morgan fingerprint density at radius 1 is 1.08 bits per heavy atom. The Kier molecular flexibility index (Phi) is 4.56. The minimum absolute atomic E-state index is 0.00903. The number of aryl methyl sites for hydroxylation is 1. The van der Waals surface area contributed by atoms with Crippen molar-refractivity contribution in [3.63, 3.8) is 0 Å². The van der Waals surface area contributed by atoms with Crippen LogP contribution in [0.15, 0.2) is 83.3 Å². The molecule has 1 fully saturated rings. The van der Waals surface area contributed by atoms with Gasteiger partial charge in [-0.1, -0.05) is 83.9 Å². The van der Waals surface area contributed by atoms with Crippen LogP contribution in [-0.4, -0.2) is 23.8 Å². The van der Waals surface area contributed by atoms with Gasteiger partial charge in [-0.05, 0) is 55.8 Å². The minimum Gasteiger partial charge on any atom is -0.465 e. The summed E-state index contributed by atoms with van der Waals surface area (Å²) in [6.45, 7) is 0.151. The molecule has 7 heteroatoms. The molecule has 5 rings (SSSR count). The molecule has 1 unspecified atom stereocenters. The summed E-state index contributed by atoms with van der Waals surface area (Å²) in [4.78, 5) is 25.6. The van der Waals surface area contributed by atoms with Crippen molar-refractivity contribution in [3.8, 4) is 22.5 Å². The molecule has 1 atom stereocenters. The summed E-state index contributed by atoms with van der Waals surface area (Å²) in [6, 6.07) is 10.2. The van der Waals surface area contributed by atoms with Gasteiger partial charge in [-0.3, -0.25) is 10.1 Å². The summed E-state index contributed by atoms with van der Waals surface area (Å²) in [5.41, 5.74) is 1.73. The van der Waals surface area contributed by atoms with Gasteiger partial charge >= 0.3 is 12.1 Å². The quantitative estimate of drug-likeness (QED) is 0.247. The van der Waals surface area contributed by atoms with E-state index >= 15 is 0 Å². The van der Waals surface area contributed by atoms with Gasteiger partial charge in [0.25, 0.3) is 0 Å². The van der Waals surface area contributed by atoms with Gasteiger partial charge in [0.15, 0.2) is 5.76 Å². The number of ether oxygens (including phenoxy) is 2. The SMILES string of the molecule is [2H]c1c([2H])c([2H])c(C([2H])(OC(=O)Nc2c(C)noc2-c2ccc(-c3ccc(C4(C(=O)OCC)CC4)cc3)cc2)C([2H])([2H])[2H])c([2H])c1[2H]. The Hall–Kier alpha value is -4.39. The zero-order chi connectivity index (χ0) is 34.5. The van der Waals surface area contributed by atoms with Gasteiger partial charge in [-0.2, -0.15) is 0 Å². The molecule has 7 nitrogen and oxygen atoms in total. The van der Waals surface area contributed by atoms with E-state index in [-0.39, 0.29) is 23.1 Å². The van der Waals surface area contributed by atoms with Crippen LogP contribution in [0.3, 0.4) is 0 Å². The maximum Gasteiger partial charge on any atom is 0.412 e. The van der Waals surface area contributed by atoms with E-state index in [0.29, 0.717) is 12.2 Å². The first-order valence-corrected chi connectivity index (χ1v) is 12.0. The highest BCUT2D eigenvalue weighted by molar-refractivity contribution is 5.91. The van der Waals surface area contributed by atoms with Gasteiger partial charge in [-0.15, -0.1) is 0 Å². The highest BCUT2D eigenvalue weighted by atomic mass is 16.6. The fraction of sp³-hybridized carbons (Fsp3) is 0.258. The number of hydrogen-bond donors (Lipinski definition) is 1. The average Bonchev–Trinajstić information content (AvgIpc) is 3.77. The van der Waals surface area contributed by atoms with E-state index < -0.39 is 60.2 Å². The molecule has 0 radical (unpaired) electrons. The standard InChI is InChI=1S/C31H30N2O5/c1-4-36-29(34)31(18-19-31)26-16-14-24(15-17-26)23-10-12-25(13-11-23)28-27(20(2)33-38-28)32-30(35)37-21(3)22-8-6-5-7-9-22/h5-17,21H,4,18-19H2,1-3H3,(H,32,35)/i3D3,5D,6D,7D,8D,9D,21D. The normalized spacial score (nSPS) is 18.9. The average molecular weight is 520 g/mol. The van der Waals surface area contributed by atoms with E-state index in [1.165, 1.54) is 6.92 Å². The molecule has 0 saturated heterocycles. The lowest BCUT2D eigenvalue weighted by molar-refractivity contribution is -0.146. The van der Waals surface area contributed by atoms with Crippen LogP contribution < -0.4 is 5.32 Å². The number of benzene rings is 3. The first kappa shape index (κ1) is 16.5. The topological polar surface area (TPSA) is 90.7 Å². The summed E-state index contributed by atoms with van der Waals surface area (Å²) >= 11 is 0. The molecule has 1 saturated carbocycles. The van der Waals surface area contributed by atoms with Crippen molar-refractivity contribution < 1.29 is 35.9 Å². The van der Waals surface area contributed by atoms with Crippen molar-refractivity contribution in [2.24, 2.45) is 0 Å². The van der Waals surface area contributed by atoms with Crippen molar-refractivity contribution in [1.82, 2.24) is 5.16 Å². The van der Waals surface area contributed by atoms with Crippen LogP contribution in [0.5, 0.6) is 0 Å². The number of amides is 1. The zero-order valence-electron chi connectivity index (χ0n) is 29.7. The van der Waals surface area contributed by atoms with E-state index in [0.717, 1.165) is 29.5 Å². The lowest BCUT2D eigenvalue weighted by Crippen LogP contribution is -2.23. The monoisotopic (exact) mass is 519 g/mol. The third-order valence-electron chi connectivity index (χ3n) is 6.35. The Morgan fingerprint density at radius 3 is 2.32 bits per heavy atom. The number of nitrogens with one attached hydrogen (secondary N) is 1. The first-order valence-electron chi connectivity index (χ1n) is 16.5. The van der Waals surface area contributed by atoms with Gasteiger partial charge in [0.1, 0.15) is 17.5 Å². The van der Waals surface area contributed by atoms with Crippen LogP contribution in [0.1, 0.15) is 61.9 Å². The van der Waals surface area contributed by atoms with Gasteiger partial charge in [0, 0.05) is 9.68 Å². The Bertz CT molecular complexity index is 1820. The molecule has 3 aromatic carbocycles. The Morgan fingerprint density at radius 2 is 1.71 bits per heavy atom. The summed E-state index contributed by atoms with van der Waals surface area (Å²) in [6.07, 6.45) is -3.34. The first-order chi connectivity index (χ1) is 22.1. The van der Waals surface area contributed by atoms with Crippen molar-refractivity contribution >= 4 is 17.7 Å². The number of esters is 1. The predicted molar refractivity (Wildman–Crippen MR) is 145 cm³/mol. The highest BCUT2D eigenvalue weighted by Crippen LogP contribution is 2.49. The summed E-state index contributed by atoms with van der Waals surface area (Å²) in [7, 11) is 0. The van der Waals surface area contributed by atoms with Crippen LogP contribution in [0.2, 0.25) is 0 Å². The van der Waals surface area contributed by atoms with Gasteiger partial charge in [0.2, 0.25) is 0 Å². The molecule has 1 amide bonds. The number of carbonyl (C=O) groups excluding carboxylic acids is 2. The second kappa shape index (κ2) is 10.5. The molecule has 4 aromatic rings. The van der Waals surface area contributed by atoms with E-state index in [2.05, 4.69) is 10.5 Å². The molecule has 1 heterocycles. The maximum absolute atomic E-state index is 13.1. The summed E-state index contributed by atoms with van der Waals surface area (Å²) in [5, 5.41) is 6.23. The third-order valence-corrected chi connectivity index (χ3v) is 6.35. The van der Waals surface area contributed by atoms with E-state index in [4.69, 9.17) is 26.3 Å².